The molecule has 0 spiro atoms. The van der Waals surface area contributed by atoms with Gasteiger partial charge >= 0.3 is 6.18 Å². The van der Waals surface area contributed by atoms with Crippen molar-refractivity contribution >= 4 is 29.6 Å². The van der Waals surface area contributed by atoms with Crippen LogP contribution in [0.3, 0.4) is 0 Å². The van der Waals surface area contributed by atoms with Crippen molar-refractivity contribution in [3.8, 4) is 0 Å². The highest BCUT2D eigenvalue weighted by molar-refractivity contribution is 6.33. The quantitative estimate of drug-likeness (QED) is 0.834. The number of carbonyl (C=O) groups is 2. The second kappa shape index (κ2) is 7.87. The van der Waals surface area contributed by atoms with Crippen molar-refractivity contribution in [1.29, 1.82) is 0 Å². The summed E-state index contributed by atoms with van der Waals surface area (Å²) in [5.74, 6) is -0.755. The SMILES string of the molecule is CC.CNC(=O)c1cc(C(F)(F)F)c(Cl)c(C)c1NC=O. The van der Waals surface area contributed by atoms with Gasteiger partial charge in [-0.15, -0.1) is 0 Å². The summed E-state index contributed by atoms with van der Waals surface area (Å²) < 4.78 is 38.4. The number of nitrogens with one attached hydrogen (secondary N) is 2. The molecule has 0 aromatic heterocycles. The van der Waals surface area contributed by atoms with Gasteiger partial charge in [-0.05, 0) is 18.6 Å². The van der Waals surface area contributed by atoms with Gasteiger partial charge in [0, 0.05) is 7.05 Å². The van der Waals surface area contributed by atoms with Crippen molar-refractivity contribution in [3.05, 3.63) is 27.8 Å². The third-order valence-electron chi connectivity index (χ3n) is 2.48. The lowest BCUT2D eigenvalue weighted by Crippen LogP contribution is -2.22. The summed E-state index contributed by atoms with van der Waals surface area (Å²) in [5.41, 5.74) is -1.50. The van der Waals surface area contributed by atoms with E-state index in [-0.39, 0.29) is 23.2 Å². The van der Waals surface area contributed by atoms with E-state index in [9.17, 15) is 22.8 Å². The molecule has 1 aromatic carbocycles. The van der Waals surface area contributed by atoms with Gasteiger partial charge in [0.1, 0.15) is 0 Å². The van der Waals surface area contributed by atoms with Crippen molar-refractivity contribution in [2.24, 2.45) is 0 Å². The summed E-state index contributed by atoms with van der Waals surface area (Å²) in [5, 5.41) is 3.83. The van der Waals surface area contributed by atoms with Gasteiger partial charge < -0.3 is 10.6 Å². The molecule has 1 aromatic rings. The molecule has 0 saturated carbocycles. The smallest absolute Gasteiger partial charge is 0.355 e. The van der Waals surface area contributed by atoms with Gasteiger partial charge in [-0.1, -0.05) is 25.4 Å². The second-order valence-corrected chi connectivity index (χ2v) is 4.00. The van der Waals surface area contributed by atoms with E-state index in [1.165, 1.54) is 14.0 Å². The molecule has 2 N–H and O–H groups in total. The first-order chi connectivity index (χ1) is 9.73. The highest BCUT2D eigenvalue weighted by atomic mass is 35.5. The number of amides is 2. The van der Waals surface area contributed by atoms with Crippen molar-refractivity contribution in [1.82, 2.24) is 5.32 Å². The van der Waals surface area contributed by atoms with Gasteiger partial charge in [-0.2, -0.15) is 13.2 Å². The first kappa shape index (κ1) is 19.2. The third-order valence-corrected chi connectivity index (χ3v) is 2.97. The van der Waals surface area contributed by atoms with Gasteiger partial charge in [0.2, 0.25) is 6.41 Å². The van der Waals surface area contributed by atoms with Crippen LogP contribution in [0.1, 0.15) is 35.3 Å². The van der Waals surface area contributed by atoms with E-state index in [0.29, 0.717) is 6.07 Å². The van der Waals surface area contributed by atoms with Gasteiger partial charge in [-0.25, -0.2) is 0 Å². The summed E-state index contributed by atoms with van der Waals surface area (Å²) in [7, 11) is 1.27. The summed E-state index contributed by atoms with van der Waals surface area (Å²) >= 11 is 5.63. The van der Waals surface area contributed by atoms with Crippen molar-refractivity contribution < 1.29 is 22.8 Å². The van der Waals surface area contributed by atoms with E-state index in [1.807, 2.05) is 13.8 Å². The molecule has 2 amide bonds. The van der Waals surface area contributed by atoms with Gasteiger partial charge in [0.15, 0.2) is 0 Å². The van der Waals surface area contributed by atoms with E-state index >= 15 is 0 Å². The average Bonchev–Trinajstić information content (AvgIpc) is 2.44. The van der Waals surface area contributed by atoms with Crippen LogP contribution >= 0.6 is 11.6 Å². The number of halogens is 4. The van der Waals surface area contributed by atoms with Crippen molar-refractivity contribution in [2.75, 3.05) is 12.4 Å². The van der Waals surface area contributed by atoms with Gasteiger partial charge in [-0.3, -0.25) is 9.59 Å². The number of hydrogen-bond acceptors (Lipinski definition) is 2. The standard InChI is InChI=1S/C11H10ClF3N2O2.C2H6/c1-5-8(12)7(11(13,14)15)3-6(10(19)16-2)9(5)17-4-18;1-2/h3-4H,1-2H3,(H,16,19)(H,17,18);1-2H3. The van der Waals surface area contributed by atoms with Crippen LogP contribution in [0.2, 0.25) is 5.02 Å². The number of anilines is 1. The fourth-order valence-electron chi connectivity index (χ4n) is 1.56. The maximum atomic E-state index is 12.8. The highest BCUT2D eigenvalue weighted by Gasteiger charge is 2.36. The molecule has 21 heavy (non-hydrogen) atoms. The van der Waals surface area contributed by atoms with Gasteiger partial charge in [0.05, 0.1) is 21.8 Å². The number of benzene rings is 1. The fourth-order valence-corrected chi connectivity index (χ4v) is 1.81. The minimum absolute atomic E-state index is 0.0257. The van der Waals surface area contributed by atoms with E-state index in [1.54, 1.807) is 0 Å². The zero-order chi connectivity index (χ0) is 16.8. The molecule has 4 nitrogen and oxygen atoms in total. The Labute approximate surface area is 125 Å². The Morgan fingerprint density at radius 1 is 1.33 bits per heavy atom. The van der Waals surface area contributed by atoms with E-state index in [2.05, 4.69) is 10.6 Å². The molecule has 1 rings (SSSR count). The molecular formula is C13H16ClF3N2O2. The monoisotopic (exact) mass is 324 g/mol. The molecule has 0 bridgehead atoms. The van der Waals surface area contributed by atoms with Crippen LogP contribution in [-0.2, 0) is 11.0 Å². The molecule has 0 heterocycles. The zero-order valence-corrected chi connectivity index (χ0v) is 12.7. The van der Waals surface area contributed by atoms with Crippen LogP contribution in [0.15, 0.2) is 6.07 Å². The predicted octanol–water partition coefficient (Wildman–Crippen LogP) is 3.62. The molecule has 0 aliphatic carbocycles. The summed E-state index contributed by atoms with van der Waals surface area (Å²) in [6, 6.07) is 0.611. The Morgan fingerprint density at radius 2 is 1.86 bits per heavy atom. The Balaban J connectivity index is 0.00000191. The van der Waals surface area contributed by atoms with Crippen LogP contribution in [0.4, 0.5) is 18.9 Å². The molecule has 0 unspecified atom stereocenters. The van der Waals surface area contributed by atoms with Crippen molar-refractivity contribution in [3.63, 3.8) is 0 Å². The van der Waals surface area contributed by atoms with E-state index in [0.717, 1.165) is 0 Å². The van der Waals surface area contributed by atoms with Crippen molar-refractivity contribution in [2.45, 2.75) is 26.9 Å². The second-order valence-electron chi connectivity index (χ2n) is 3.62. The van der Waals surface area contributed by atoms with Crippen LogP contribution in [0.25, 0.3) is 0 Å². The molecule has 118 valence electrons. The lowest BCUT2D eigenvalue weighted by atomic mass is 10.0. The van der Waals surface area contributed by atoms with Crippen LogP contribution in [0, 0.1) is 6.92 Å². The van der Waals surface area contributed by atoms with Crippen LogP contribution in [0.5, 0.6) is 0 Å². The first-order valence-electron chi connectivity index (χ1n) is 6.06. The molecule has 0 atom stereocenters. The number of rotatable bonds is 3. The maximum absolute atomic E-state index is 12.8. The molecular weight excluding hydrogens is 309 g/mol. The lowest BCUT2D eigenvalue weighted by Gasteiger charge is -2.17. The molecule has 0 saturated heterocycles. The highest BCUT2D eigenvalue weighted by Crippen LogP contribution is 2.40. The average molecular weight is 325 g/mol. The number of hydrogen-bond donors (Lipinski definition) is 2. The molecule has 8 heteroatoms. The Kier molecular flexibility index (Phi) is 7.21. The predicted molar refractivity (Wildman–Crippen MR) is 75.6 cm³/mol. The van der Waals surface area contributed by atoms with Crippen LogP contribution in [-0.4, -0.2) is 19.4 Å². The summed E-state index contributed by atoms with van der Waals surface area (Å²) in [4.78, 5) is 22.0. The molecule has 0 radical (unpaired) electrons. The molecule has 0 aliphatic heterocycles. The molecule has 0 aliphatic rings. The van der Waals surface area contributed by atoms with E-state index in [4.69, 9.17) is 11.6 Å². The normalized spacial score (nSPS) is 10.3. The number of carbonyl (C=O) groups excluding carboxylic acids is 2. The zero-order valence-electron chi connectivity index (χ0n) is 12.0. The Morgan fingerprint density at radius 3 is 2.24 bits per heavy atom. The third kappa shape index (κ3) is 4.35. The summed E-state index contributed by atoms with van der Waals surface area (Å²) in [6.07, 6.45) is -4.43. The van der Waals surface area contributed by atoms with Crippen LogP contribution < -0.4 is 10.6 Å². The summed E-state index contributed by atoms with van der Waals surface area (Å²) in [6.45, 7) is 5.29. The topological polar surface area (TPSA) is 58.2 Å². The minimum Gasteiger partial charge on any atom is -0.355 e. The van der Waals surface area contributed by atoms with Gasteiger partial charge in [0.25, 0.3) is 5.91 Å². The van der Waals surface area contributed by atoms with E-state index < -0.39 is 22.7 Å². The fraction of sp³-hybridized carbons (Fsp3) is 0.385. The minimum atomic E-state index is -4.69. The Bertz CT molecular complexity index is 531. The largest absolute Gasteiger partial charge is 0.417 e. The lowest BCUT2D eigenvalue weighted by molar-refractivity contribution is -0.137. The maximum Gasteiger partial charge on any atom is 0.417 e. The first-order valence-corrected chi connectivity index (χ1v) is 6.44. The number of alkyl halides is 3. The molecule has 0 fully saturated rings. The Hall–Kier alpha value is -1.76.